The van der Waals surface area contributed by atoms with E-state index >= 15 is 0 Å². The summed E-state index contributed by atoms with van der Waals surface area (Å²) in [6.07, 6.45) is 10.2. The monoisotopic (exact) mass is 748 g/mol. The molecule has 16 heteroatoms. The number of fused-ring (bicyclic) bond motifs is 3. The van der Waals surface area contributed by atoms with Crippen molar-refractivity contribution in [2.24, 2.45) is 0 Å². The summed E-state index contributed by atoms with van der Waals surface area (Å²) < 4.78 is 39.6. The van der Waals surface area contributed by atoms with E-state index in [1.54, 1.807) is 12.3 Å². The molecule has 1 aromatic carbocycles. The number of hydrogen-bond donors (Lipinski definition) is 3. The van der Waals surface area contributed by atoms with Crippen molar-refractivity contribution < 1.29 is 41.9 Å². The molecule has 2 aromatic rings. The minimum Gasteiger partial charge on any atom is -0.472 e. The number of nitrogens with zero attached hydrogens (tertiary/aromatic N) is 3. The first-order valence-corrected chi connectivity index (χ1v) is 19.3. The predicted molar refractivity (Wildman–Crippen MR) is 195 cm³/mol. The average Bonchev–Trinajstić information content (AvgIpc) is 3.92. The molecule has 5 bridgehead atoms. The fraction of sp³-hybridized carbons (Fsp3) is 0.459. The van der Waals surface area contributed by atoms with Gasteiger partial charge in [0.05, 0.1) is 18.4 Å². The standard InChI is InChI=1S/C37H44N6O9S/c1-3-31(44)42-18-7-6-16-37(2,35(47)41-53(49,50)27-12-13-27)40-32(45)30-22-26-23-43(30)34(46)29(15-19-42)39-36(48)51-20-8-4-5-9-24-10-11-25-14-17-38-33(52-26)28(25)21-24/h3,5-6,9-11,14,16-17,21,26-27,29-30H,1,4,7-8,12-13,15,18-20,22-23H2,2H3,(H,39,48)(H,40,45)(H,41,47)/b9-5+,16-6-/t26-,29+,30+,37-/m1/s1. The first-order valence-electron chi connectivity index (χ1n) is 17.8. The van der Waals surface area contributed by atoms with Crippen LogP contribution < -0.4 is 20.1 Å². The Kier molecular flexibility index (Phi) is 11.2. The van der Waals surface area contributed by atoms with Crippen LogP contribution in [0.2, 0.25) is 0 Å². The number of carbonyl (C=O) groups excluding carboxylic acids is 5. The van der Waals surface area contributed by atoms with Gasteiger partial charge in [0.15, 0.2) is 0 Å². The number of nitrogens with one attached hydrogen (secondary N) is 3. The fourth-order valence-electron chi connectivity index (χ4n) is 6.62. The third kappa shape index (κ3) is 8.87. The smallest absolute Gasteiger partial charge is 0.407 e. The van der Waals surface area contributed by atoms with Crippen molar-refractivity contribution in [2.45, 2.75) is 80.8 Å². The molecule has 5 amide bonds. The quantitative estimate of drug-likeness (QED) is 0.309. The molecule has 282 valence electrons. The maximum Gasteiger partial charge on any atom is 0.407 e. The number of aromatic nitrogens is 1. The highest BCUT2D eigenvalue weighted by molar-refractivity contribution is 7.91. The van der Waals surface area contributed by atoms with Gasteiger partial charge >= 0.3 is 6.09 Å². The molecule has 4 heterocycles. The van der Waals surface area contributed by atoms with Gasteiger partial charge in [0.2, 0.25) is 33.6 Å². The molecule has 3 N–H and O–H groups in total. The number of alkyl carbamates (subject to hydrolysis) is 1. The number of pyridine rings is 1. The van der Waals surface area contributed by atoms with Crippen LogP contribution in [0, 0.1) is 0 Å². The van der Waals surface area contributed by atoms with E-state index in [1.807, 2.05) is 36.4 Å². The molecule has 3 aliphatic heterocycles. The summed E-state index contributed by atoms with van der Waals surface area (Å²) in [6.45, 7) is 5.11. The Morgan fingerprint density at radius 1 is 1.09 bits per heavy atom. The van der Waals surface area contributed by atoms with Gasteiger partial charge < -0.3 is 29.9 Å². The van der Waals surface area contributed by atoms with Crippen LogP contribution in [-0.4, -0.2) is 108 Å². The second kappa shape index (κ2) is 15.8. The zero-order valence-corrected chi connectivity index (χ0v) is 30.3. The summed E-state index contributed by atoms with van der Waals surface area (Å²) in [7, 11) is -3.99. The number of carbonyl (C=O) groups is 5. The predicted octanol–water partition coefficient (Wildman–Crippen LogP) is 2.33. The third-order valence-electron chi connectivity index (χ3n) is 9.77. The molecule has 2 fully saturated rings. The van der Waals surface area contributed by atoms with Gasteiger partial charge in [-0.2, -0.15) is 0 Å². The van der Waals surface area contributed by atoms with Crippen molar-refractivity contribution in [3.63, 3.8) is 0 Å². The SMILES string of the molecule is C=CC(=O)N1CC/C=C\[C@](C)(C(=O)NS(=O)(=O)C2CC2)NC(=O)[C@@H]2C[C@@H]3CN2C(=O)[C@H](CC1)NC(=O)OCCC/C=C/c1ccc2ccnc(c2c1)O3. The largest absolute Gasteiger partial charge is 0.472 e. The minimum absolute atomic E-state index is 0.0108. The molecule has 4 aliphatic rings. The summed E-state index contributed by atoms with van der Waals surface area (Å²) in [6, 6.07) is 5.26. The number of amides is 5. The van der Waals surface area contributed by atoms with Crippen molar-refractivity contribution in [1.29, 1.82) is 0 Å². The summed E-state index contributed by atoms with van der Waals surface area (Å²) in [4.78, 5) is 75.5. The van der Waals surface area contributed by atoms with Crippen LogP contribution in [0.1, 0.15) is 57.4 Å². The molecular weight excluding hydrogens is 705 g/mol. The molecule has 53 heavy (non-hydrogen) atoms. The van der Waals surface area contributed by atoms with Crippen molar-refractivity contribution in [1.82, 2.24) is 30.1 Å². The van der Waals surface area contributed by atoms with Gasteiger partial charge in [0, 0.05) is 31.1 Å². The minimum atomic E-state index is -3.99. The molecule has 1 saturated heterocycles. The van der Waals surface area contributed by atoms with Gasteiger partial charge in [-0.05, 0) is 74.6 Å². The molecule has 0 radical (unpaired) electrons. The Bertz CT molecular complexity index is 1960. The summed E-state index contributed by atoms with van der Waals surface area (Å²) >= 11 is 0. The Balaban J connectivity index is 1.39. The van der Waals surface area contributed by atoms with E-state index in [-0.39, 0.29) is 45.5 Å². The molecule has 1 aliphatic carbocycles. The second-order valence-corrected chi connectivity index (χ2v) is 15.8. The maximum absolute atomic E-state index is 14.5. The van der Waals surface area contributed by atoms with Crippen LogP contribution in [0.25, 0.3) is 16.8 Å². The number of hydrogen-bond acceptors (Lipinski definition) is 10. The first-order chi connectivity index (χ1) is 25.4. The van der Waals surface area contributed by atoms with Crippen molar-refractivity contribution in [2.75, 3.05) is 26.2 Å². The van der Waals surface area contributed by atoms with Crippen LogP contribution in [0.5, 0.6) is 5.88 Å². The highest BCUT2D eigenvalue weighted by Gasteiger charge is 2.47. The number of benzene rings is 1. The van der Waals surface area contributed by atoms with Crippen LogP contribution in [0.15, 0.2) is 61.3 Å². The Labute approximate surface area is 307 Å². The molecular formula is C37H44N6O9S. The van der Waals surface area contributed by atoms with Gasteiger partial charge in [-0.1, -0.05) is 43.0 Å². The summed E-state index contributed by atoms with van der Waals surface area (Å²) in [5.74, 6) is -2.46. The van der Waals surface area contributed by atoms with Crippen LogP contribution in [-0.2, 0) is 33.9 Å². The van der Waals surface area contributed by atoms with Gasteiger partial charge in [0.25, 0.3) is 5.91 Å². The van der Waals surface area contributed by atoms with Crippen molar-refractivity contribution in [3.8, 4) is 5.88 Å². The number of ether oxygens (including phenoxy) is 2. The number of cyclic esters (lactones) is 1. The molecule has 0 spiro atoms. The molecule has 1 saturated carbocycles. The lowest BCUT2D eigenvalue weighted by molar-refractivity contribution is -0.141. The van der Waals surface area contributed by atoms with Crippen molar-refractivity contribution >= 4 is 56.6 Å². The molecule has 4 atom stereocenters. The number of rotatable bonds is 4. The summed E-state index contributed by atoms with van der Waals surface area (Å²) in [5.41, 5.74) is -0.979. The highest BCUT2D eigenvalue weighted by Crippen LogP contribution is 2.31. The van der Waals surface area contributed by atoms with E-state index in [0.717, 1.165) is 22.4 Å². The Morgan fingerprint density at radius 2 is 1.91 bits per heavy atom. The van der Waals surface area contributed by atoms with Crippen LogP contribution in [0.3, 0.4) is 0 Å². The van der Waals surface area contributed by atoms with Gasteiger partial charge in [0.1, 0.15) is 23.7 Å². The van der Waals surface area contributed by atoms with Gasteiger partial charge in [-0.3, -0.25) is 23.9 Å². The normalized spacial score (nSPS) is 27.3. The highest BCUT2D eigenvalue weighted by atomic mass is 32.2. The van der Waals surface area contributed by atoms with E-state index in [1.165, 1.54) is 22.8 Å². The third-order valence-corrected chi connectivity index (χ3v) is 11.6. The lowest BCUT2D eigenvalue weighted by Gasteiger charge is -2.33. The first kappa shape index (κ1) is 37.5. The molecule has 15 nitrogen and oxygen atoms in total. The zero-order valence-electron chi connectivity index (χ0n) is 29.5. The number of allylic oxidation sites excluding steroid dienone is 1. The van der Waals surface area contributed by atoms with Gasteiger partial charge in [-0.15, -0.1) is 0 Å². The van der Waals surface area contributed by atoms with E-state index in [4.69, 9.17) is 9.47 Å². The van der Waals surface area contributed by atoms with Crippen molar-refractivity contribution in [3.05, 3.63) is 66.9 Å². The fourth-order valence-corrected chi connectivity index (χ4v) is 8.02. The van der Waals surface area contributed by atoms with Crippen LogP contribution in [0.4, 0.5) is 4.79 Å². The Morgan fingerprint density at radius 3 is 2.68 bits per heavy atom. The van der Waals surface area contributed by atoms with Crippen LogP contribution >= 0.6 is 0 Å². The lowest BCUT2D eigenvalue weighted by Crippen LogP contribution is -2.61. The van der Waals surface area contributed by atoms with E-state index < -0.39 is 68.7 Å². The number of sulfonamides is 1. The topological polar surface area (TPSA) is 193 Å². The summed E-state index contributed by atoms with van der Waals surface area (Å²) in [5, 5.41) is 6.25. The molecule has 1 aromatic heterocycles. The van der Waals surface area contributed by atoms with Gasteiger partial charge in [-0.25, -0.2) is 18.2 Å². The Hall–Kier alpha value is -5.25. The average molecular weight is 749 g/mol. The van der Waals surface area contributed by atoms with E-state index in [9.17, 15) is 32.4 Å². The maximum atomic E-state index is 14.5. The van der Waals surface area contributed by atoms with E-state index in [0.29, 0.717) is 31.6 Å². The van der Waals surface area contributed by atoms with E-state index in [2.05, 4.69) is 26.9 Å². The lowest BCUT2D eigenvalue weighted by atomic mass is 9.98. The molecule has 6 rings (SSSR count). The second-order valence-electron chi connectivity index (χ2n) is 13.8. The zero-order chi connectivity index (χ0) is 37.8. The molecule has 0 unspecified atom stereocenters.